The van der Waals surface area contributed by atoms with E-state index in [2.05, 4.69) is 18.7 Å². The first-order valence-corrected chi connectivity index (χ1v) is 6.41. The van der Waals surface area contributed by atoms with Gasteiger partial charge in [-0.25, -0.2) is 8.78 Å². The maximum absolute atomic E-state index is 13.6. The second-order valence-corrected chi connectivity index (χ2v) is 5.42. The number of likely N-dealkylation sites (tertiary alicyclic amines) is 1. The van der Waals surface area contributed by atoms with E-state index in [0.29, 0.717) is 18.4 Å². The Kier molecular flexibility index (Phi) is 3.97. The van der Waals surface area contributed by atoms with E-state index in [4.69, 9.17) is 5.73 Å². The molecular formula is C14H20F2N2. The molecule has 3 unspecified atom stereocenters. The fraction of sp³-hybridized carbons (Fsp3) is 0.571. The zero-order valence-corrected chi connectivity index (χ0v) is 10.9. The molecule has 2 rings (SSSR count). The summed E-state index contributed by atoms with van der Waals surface area (Å²) in [5, 5.41) is 0. The van der Waals surface area contributed by atoms with Crippen LogP contribution in [0.4, 0.5) is 8.78 Å². The predicted molar refractivity (Wildman–Crippen MR) is 68.1 cm³/mol. The van der Waals surface area contributed by atoms with Crippen LogP contribution in [0.5, 0.6) is 0 Å². The van der Waals surface area contributed by atoms with Gasteiger partial charge < -0.3 is 10.6 Å². The summed E-state index contributed by atoms with van der Waals surface area (Å²) in [5.74, 6) is -0.375. The average molecular weight is 254 g/mol. The van der Waals surface area contributed by atoms with Crippen LogP contribution in [0, 0.1) is 23.5 Å². The normalized spacial score (nSPS) is 26.5. The molecule has 4 heteroatoms. The molecule has 1 heterocycles. The molecule has 0 radical (unpaired) electrons. The number of halogens is 2. The molecule has 1 aliphatic rings. The van der Waals surface area contributed by atoms with Crippen molar-refractivity contribution in [3.63, 3.8) is 0 Å². The van der Waals surface area contributed by atoms with Gasteiger partial charge in [-0.1, -0.05) is 26.0 Å². The van der Waals surface area contributed by atoms with Crippen molar-refractivity contribution in [3.8, 4) is 0 Å². The van der Waals surface area contributed by atoms with Crippen LogP contribution in [0.15, 0.2) is 18.2 Å². The molecule has 0 aliphatic carbocycles. The van der Waals surface area contributed by atoms with Gasteiger partial charge in [0.2, 0.25) is 0 Å². The molecule has 0 spiro atoms. The standard InChI is InChI=1S/C14H20F2N2/c1-9-6-18(7-10(9)2)8-13(17)11-4-3-5-12(15)14(11)16/h3-5,9-10,13H,6-8,17H2,1-2H3. The Hall–Kier alpha value is -1.00. The fourth-order valence-corrected chi connectivity index (χ4v) is 2.58. The summed E-state index contributed by atoms with van der Waals surface area (Å²) in [6.07, 6.45) is 0. The molecule has 1 fully saturated rings. The highest BCUT2D eigenvalue weighted by Gasteiger charge is 2.27. The Labute approximate surface area is 107 Å². The Bertz CT molecular complexity index is 412. The highest BCUT2D eigenvalue weighted by Crippen LogP contribution is 2.25. The van der Waals surface area contributed by atoms with E-state index < -0.39 is 17.7 Å². The van der Waals surface area contributed by atoms with Gasteiger partial charge in [-0.05, 0) is 17.9 Å². The Morgan fingerprint density at radius 1 is 1.28 bits per heavy atom. The largest absolute Gasteiger partial charge is 0.323 e. The van der Waals surface area contributed by atoms with E-state index in [1.165, 1.54) is 6.07 Å². The van der Waals surface area contributed by atoms with Gasteiger partial charge in [0.25, 0.3) is 0 Å². The van der Waals surface area contributed by atoms with Gasteiger partial charge in [-0.3, -0.25) is 0 Å². The minimum absolute atomic E-state index is 0.266. The molecule has 2 N–H and O–H groups in total. The molecule has 0 saturated carbocycles. The molecule has 1 saturated heterocycles. The summed E-state index contributed by atoms with van der Waals surface area (Å²) in [7, 11) is 0. The van der Waals surface area contributed by atoms with Crippen LogP contribution in [-0.2, 0) is 0 Å². The number of hydrogen-bond donors (Lipinski definition) is 1. The second kappa shape index (κ2) is 5.33. The summed E-state index contributed by atoms with van der Waals surface area (Å²) >= 11 is 0. The highest BCUT2D eigenvalue weighted by molar-refractivity contribution is 5.22. The first kappa shape index (κ1) is 13.4. The van der Waals surface area contributed by atoms with Gasteiger partial charge in [0.15, 0.2) is 11.6 Å². The Morgan fingerprint density at radius 2 is 1.89 bits per heavy atom. The van der Waals surface area contributed by atoms with Crippen molar-refractivity contribution >= 4 is 0 Å². The van der Waals surface area contributed by atoms with E-state index in [1.54, 1.807) is 6.07 Å². The van der Waals surface area contributed by atoms with Crippen molar-refractivity contribution in [2.45, 2.75) is 19.9 Å². The Balaban J connectivity index is 2.04. The molecule has 18 heavy (non-hydrogen) atoms. The van der Waals surface area contributed by atoms with E-state index in [9.17, 15) is 8.78 Å². The van der Waals surface area contributed by atoms with Crippen LogP contribution >= 0.6 is 0 Å². The maximum Gasteiger partial charge on any atom is 0.163 e. The molecular weight excluding hydrogens is 234 g/mol. The molecule has 0 amide bonds. The van der Waals surface area contributed by atoms with Crippen LogP contribution in [0.1, 0.15) is 25.5 Å². The van der Waals surface area contributed by atoms with Gasteiger partial charge in [0, 0.05) is 31.2 Å². The lowest BCUT2D eigenvalue weighted by Crippen LogP contribution is -2.31. The second-order valence-electron chi connectivity index (χ2n) is 5.42. The molecule has 0 bridgehead atoms. The SMILES string of the molecule is CC1CN(CC(N)c2cccc(F)c2F)CC1C. The van der Waals surface area contributed by atoms with Gasteiger partial charge >= 0.3 is 0 Å². The van der Waals surface area contributed by atoms with E-state index in [1.807, 2.05) is 0 Å². The lowest BCUT2D eigenvalue weighted by Gasteiger charge is -2.21. The predicted octanol–water partition coefficient (Wildman–Crippen LogP) is 2.55. The number of benzene rings is 1. The number of hydrogen-bond acceptors (Lipinski definition) is 2. The minimum atomic E-state index is -0.828. The van der Waals surface area contributed by atoms with Crippen molar-refractivity contribution in [1.29, 1.82) is 0 Å². The molecule has 0 aromatic heterocycles. The number of nitrogens with two attached hydrogens (primary N) is 1. The van der Waals surface area contributed by atoms with Crippen LogP contribution in [-0.4, -0.2) is 24.5 Å². The lowest BCUT2D eigenvalue weighted by atomic mass is 10.0. The molecule has 1 aromatic carbocycles. The fourth-order valence-electron chi connectivity index (χ4n) is 2.58. The quantitative estimate of drug-likeness (QED) is 0.898. The topological polar surface area (TPSA) is 29.3 Å². The van der Waals surface area contributed by atoms with E-state index >= 15 is 0 Å². The molecule has 100 valence electrons. The number of nitrogens with zero attached hydrogens (tertiary/aromatic N) is 1. The van der Waals surface area contributed by atoms with Crippen molar-refractivity contribution < 1.29 is 8.78 Å². The van der Waals surface area contributed by atoms with Gasteiger partial charge in [0.05, 0.1) is 0 Å². The van der Waals surface area contributed by atoms with Crippen molar-refractivity contribution in [1.82, 2.24) is 4.90 Å². The zero-order valence-electron chi connectivity index (χ0n) is 10.9. The summed E-state index contributed by atoms with van der Waals surface area (Å²) < 4.78 is 26.7. The van der Waals surface area contributed by atoms with Crippen molar-refractivity contribution in [3.05, 3.63) is 35.4 Å². The highest BCUT2D eigenvalue weighted by atomic mass is 19.2. The maximum atomic E-state index is 13.6. The van der Waals surface area contributed by atoms with Crippen LogP contribution in [0.3, 0.4) is 0 Å². The van der Waals surface area contributed by atoms with Crippen LogP contribution in [0.25, 0.3) is 0 Å². The molecule has 1 aliphatic heterocycles. The first-order chi connectivity index (χ1) is 8.49. The van der Waals surface area contributed by atoms with Crippen LogP contribution < -0.4 is 5.73 Å². The third kappa shape index (κ3) is 2.70. The third-order valence-corrected chi connectivity index (χ3v) is 3.90. The van der Waals surface area contributed by atoms with Crippen LogP contribution in [0.2, 0.25) is 0 Å². The summed E-state index contributed by atoms with van der Waals surface area (Å²) in [6.45, 7) is 6.95. The van der Waals surface area contributed by atoms with E-state index in [0.717, 1.165) is 19.2 Å². The minimum Gasteiger partial charge on any atom is -0.323 e. The van der Waals surface area contributed by atoms with Crippen molar-refractivity contribution in [2.24, 2.45) is 17.6 Å². The zero-order chi connectivity index (χ0) is 13.3. The van der Waals surface area contributed by atoms with E-state index in [-0.39, 0.29) is 5.56 Å². The smallest absolute Gasteiger partial charge is 0.163 e. The summed E-state index contributed by atoms with van der Waals surface area (Å²) in [6, 6.07) is 3.71. The molecule has 1 aromatic rings. The molecule has 3 atom stereocenters. The number of rotatable bonds is 3. The average Bonchev–Trinajstić information content (AvgIpc) is 2.61. The summed E-state index contributed by atoms with van der Waals surface area (Å²) in [4.78, 5) is 2.23. The lowest BCUT2D eigenvalue weighted by molar-refractivity contribution is 0.299. The monoisotopic (exact) mass is 254 g/mol. The summed E-state index contributed by atoms with van der Waals surface area (Å²) in [5.41, 5.74) is 6.25. The van der Waals surface area contributed by atoms with Gasteiger partial charge in [0.1, 0.15) is 0 Å². The van der Waals surface area contributed by atoms with Crippen molar-refractivity contribution in [2.75, 3.05) is 19.6 Å². The Morgan fingerprint density at radius 3 is 2.50 bits per heavy atom. The first-order valence-electron chi connectivity index (χ1n) is 6.41. The van der Waals surface area contributed by atoms with Gasteiger partial charge in [-0.15, -0.1) is 0 Å². The van der Waals surface area contributed by atoms with Gasteiger partial charge in [-0.2, -0.15) is 0 Å². The third-order valence-electron chi connectivity index (χ3n) is 3.90. The molecule has 2 nitrogen and oxygen atoms in total.